The zero-order valence-electron chi connectivity index (χ0n) is 10.8. The highest BCUT2D eigenvalue weighted by molar-refractivity contribution is 9.09. The van der Waals surface area contributed by atoms with Gasteiger partial charge < -0.3 is 4.90 Å². The van der Waals surface area contributed by atoms with Crippen LogP contribution in [0.2, 0.25) is 0 Å². The van der Waals surface area contributed by atoms with E-state index in [4.69, 9.17) is 0 Å². The first kappa shape index (κ1) is 12.8. The van der Waals surface area contributed by atoms with E-state index in [0.29, 0.717) is 6.04 Å². The van der Waals surface area contributed by atoms with Crippen LogP contribution >= 0.6 is 15.9 Å². The van der Waals surface area contributed by atoms with Crippen LogP contribution in [-0.4, -0.2) is 33.1 Å². The zero-order chi connectivity index (χ0) is 13.1. The summed E-state index contributed by atoms with van der Waals surface area (Å²) in [6.45, 7) is 0.996. The van der Waals surface area contributed by atoms with E-state index in [1.54, 1.807) is 0 Å². The topological polar surface area (TPSA) is 41.9 Å². The molecule has 3 rings (SSSR count). The molecular formula is C14H17BrN4. The first-order chi connectivity index (χ1) is 9.38. The molecule has 0 bridgehead atoms. The second kappa shape index (κ2) is 5.82. The minimum Gasteiger partial charge on any atom is -0.336 e. The number of rotatable bonds is 5. The number of hydrogen-bond donors (Lipinski definition) is 0. The summed E-state index contributed by atoms with van der Waals surface area (Å²) in [6, 6.07) is 8.50. The molecule has 2 aromatic rings. The highest BCUT2D eigenvalue weighted by Crippen LogP contribution is 2.28. The average molecular weight is 321 g/mol. The van der Waals surface area contributed by atoms with Crippen molar-refractivity contribution in [3.8, 4) is 0 Å². The second-order valence-electron chi connectivity index (χ2n) is 4.92. The van der Waals surface area contributed by atoms with Gasteiger partial charge in [0.2, 0.25) is 5.95 Å². The molecule has 1 aliphatic rings. The molecular weight excluding hydrogens is 304 g/mol. The number of fused-ring (bicyclic) bond motifs is 1. The van der Waals surface area contributed by atoms with Gasteiger partial charge in [-0.15, -0.1) is 10.2 Å². The predicted molar refractivity (Wildman–Crippen MR) is 80.7 cm³/mol. The van der Waals surface area contributed by atoms with Gasteiger partial charge in [-0.25, -0.2) is 4.98 Å². The zero-order valence-corrected chi connectivity index (χ0v) is 12.4. The van der Waals surface area contributed by atoms with E-state index in [1.807, 2.05) is 24.3 Å². The molecule has 1 aromatic heterocycles. The summed E-state index contributed by atoms with van der Waals surface area (Å²) in [7, 11) is 0. The lowest BCUT2D eigenvalue weighted by Crippen LogP contribution is -2.42. The monoisotopic (exact) mass is 320 g/mol. The second-order valence-corrected chi connectivity index (χ2v) is 5.71. The Labute approximate surface area is 121 Å². The first-order valence-corrected chi connectivity index (χ1v) is 7.93. The van der Waals surface area contributed by atoms with Crippen molar-refractivity contribution >= 4 is 32.9 Å². The Balaban J connectivity index is 1.89. The van der Waals surface area contributed by atoms with Crippen molar-refractivity contribution in [2.24, 2.45) is 0 Å². The predicted octanol–water partition coefficient (Wildman–Crippen LogP) is 3.17. The lowest BCUT2D eigenvalue weighted by atomic mass is 9.91. The molecule has 0 N–H and O–H groups in total. The number of anilines is 1. The molecule has 1 saturated carbocycles. The largest absolute Gasteiger partial charge is 0.336 e. The molecule has 0 spiro atoms. The summed E-state index contributed by atoms with van der Waals surface area (Å²) in [5, 5.41) is 9.61. The SMILES string of the molecule is BrCCCN(c1nnc2ccccc2n1)C1CCC1. The third-order valence-corrected chi connectivity index (χ3v) is 4.22. The number of aromatic nitrogens is 3. The maximum absolute atomic E-state index is 4.67. The van der Waals surface area contributed by atoms with Crippen LogP contribution in [0.3, 0.4) is 0 Å². The average Bonchev–Trinajstić information content (AvgIpc) is 2.40. The van der Waals surface area contributed by atoms with Gasteiger partial charge in [0.1, 0.15) is 5.52 Å². The molecule has 0 radical (unpaired) electrons. The molecule has 19 heavy (non-hydrogen) atoms. The quantitative estimate of drug-likeness (QED) is 0.793. The normalized spacial score (nSPS) is 15.4. The highest BCUT2D eigenvalue weighted by atomic mass is 79.9. The molecule has 0 aliphatic heterocycles. The van der Waals surface area contributed by atoms with E-state index in [1.165, 1.54) is 19.3 Å². The fraction of sp³-hybridized carbons (Fsp3) is 0.500. The van der Waals surface area contributed by atoms with E-state index < -0.39 is 0 Å². The van der Waals surface area contributed by atoms with Gasteiger partial charge in [-0.2, -0.15) is 0 Å². The van der Waals surface area contributed by atoms with Crippen molar-refractivity contribution in [3.63, 3.8) is 0 Å². The Morgan fingerprint density at radius 3 is 2.63 bits per heavy atom. The molecule has 5 heteroatoms. The Kier molecular flexibility index (Phi) is 3.92. The van der Waals surface area contributed by atoms with Gasteiger partial charge in [-0.3, -0.25) is 0 Å². The summed E-state index contributed by atoms with van der Waals surface area (Å²) in [5.74, 6) is 0.782. The van der Waals surface area contributed by atoms with E-state index in [0.717, 1.165) is 35.3 Å². The highest BCUT2D eigenvalue weighted by Gasteiger charge is 2.26. The van der Waals surface area contributed by atoms with Crippen LogP contribution in [0, 0.1) is 0 Å². The van der Waals surface area contributed by atoms with Crippen LogP contribution in [0.25, 0.3) is 11.0 Å². The maximum atomic E-state index is 4.67. The fourth-order valence-electron chi connectivity index (χ4n) is 2.37. The summed E-state index contributed by atoms with van der Waals surface area (Å²) in [5.41, 5.74) is 1.79. The summed E-state index contributed by atoms with van der Waals surface area (Å²) in [4.78, 5) is 6.99. The summed E-state index contributed by atoms with van der Waals surface area (Å²) < 4.78 is 0. The van der Waals surface area contributed by atoms with Crippen LogP contribution in [0.5, 0.6) is 0 Å². The number of hydrogen-bond acceptors (Lipinski definition) is 4. The third-order valence-electron chi connectivity index (χ3n) is 3.65. The van der Waals surface area contributed by atoms with Gasteiger partial charge >= 0.3 is 0 Å². The number of nitrogens with zero attached hydrogens (tertiary/aromatic N) is 4. The van der Waals surface area contributed by atoms with Crippen LogP contribution in [0.1, 0.15) is 25.7 Å². The van der Waals surface area contributed by atoms with Crippen molar-refractivity contribution < 1.29 is 0 Å². The Bertz CT molecular complexity index is 556. The smallest absolute Gasteiger partial charge is 0.246 e. The van der Waals surface area contributed by atoms with E-state index in [2.05, 4.69) is 36.0 Å². The van der Waals surface area contributed by atoms with E-state index in [9.17, 15) is 0 Å². The third kappa shape index (κ3) is 2.71. The van der Waals surface area contributed by atoms with Gasteiger partial charge in [0, 0.05) is 17.9 Å². The lowest BCUT2D eigenvalue weighted by Gasteiger charge is -2.37. The molecule has 0 amide bonds. The van der Waals surface area contributed by atoms with Crippen molar-refractivity contribution in [3.05, 3.63) is 24.3 Å². The van der Waals surface area contributed by atoms with Crippen LogP contribution in [0.4, 0.5) is 5.95 Å². The molecule has 1 heterocycles. The molecule has 0 unspecified atom stereocenters. The Hall–Kier alpha value is -1.23. The van der Waals surface area contributed by atoms with Crippen molar-refractivity contribution in [1.29, 1.82) is 0 Å². The molecule has 100 valence electrons. The van der Waals surface area contributed by atoms with Crippen molar-refractivity contribution in [2.75, 3.05) is 16.8 Å². The Morgan fingerprint density at radius 2 is 1.95 bits per heavy atom. The van der Waals surface area contributed by atoms with Crippen LogP contribution < -0.4 is 4.90 Å². The standard InChI is InChI=1S/C14H17BrN4/c15-9-4-10-19(11-5-3-6-11)14-16-12-7-1-2-8-13(12)17-18-14/h1-2,7-8,11H,3-6,9-10H2. The first-order valence-electron chi connectivity index (χ1n) is 6.80. The molecule has 1 aliphatic carbocycles. The molecule has 1 aromatic carbocycles. The number of benzene rings is 1. The van der Waals surface area contributed by atoms with E-state index in [-0.39, 0.29) is 0 Å². The molecule has 0 atom stereocenters. The van der Waals surface area contributed by atoms with Crippen LogP contribution in [0.15, 0.2) is 24.3 Å². The lowest BCUT2D eigenvalue weighted by molar-refractivity contribution is 0.381. The van der Waals surface area contributed by atoms with E-state index >= 15 is 0 Å². The fourth-order valence-corrected chi connectivity index (χ4v) is 2.62. The van der Waals surface area contributed by atoms with Gasteiger partial charge in [-0.1, -0.05) is 28.1 Å². The number of para-hydroxylation sites is 1. The number of alkyl halides is 1. The molecule has 0 saturated heterocycles. The molecule has 1 fully saturated rings. The molecule has 4 nitrogen and oxygen atoms in total. The van der Waals surface area contributed by atoms with Crippen LogP contribution in [-0.2, 0) is 0 Å². The maximum Gasteiger partial charge on any atom is 0.246 e. The van der Waals surface area contributed by atoms with Gasteiger partial charge in [0.05, 0.1) is 5.52 Å². The van der Waals surface area contributed by atoms with Gasteiger partial charge in [0.15, 0.2) is 0 Å². The van der Waals surface area contributed by atoms with Crippen molar-refractivity contribution in [2.45, 2.75) is 31.7 Å². The van der Waals surface area contributed by atoms with Gasteiger partial charge in [-0.05, 0) is 37.8 Å². The minimum absolute atomic E-state index is 0.599. The van der Waals surface area contributed by atoms with Gasteiger partial charge in [0.25, 0.3) is 0 Å². The van der Waals surface area contributed by atoms with Crippen molar-refractivity contribution in [1.82, 2.24) is 15.2 Å². The number of halogens is 1. The summed E-state index contributed by atoms with van der Waals surface area (Å²) >= 11 is 3.50. The minimum atomic E-state index is 0.599. The Morgan fingerprint density at radius 1 is 1.16 bits per heavy atom. The summed E-state index contributed by atoms with van der Waals surface area (Å²) in [6.07, 6.45) is 4.92.